The van der Waals surface area contributed by atoms with Crippen LogP contribution in [0.3, 0.4) is 0 Å². The van der Waals surface area contributed by atoms with E-state index in [1.165, 1.54) is 0 Å². The van der Waals surface area contributed by atoms with Gasteiger partial charge in [0, 0.05) is 11.1 Å². The third kappa shape index (κ3) is 3.44. The molecule has 92 valence electrons. The number of rotatable bonds is 3. The summed E-state index contributed by atoms with van der Waals surface area (Å²) in [6.07, 6.45) is 2.00. The first-order chi connectivity index (χ1) is 8.16. The SMILES string of the molecule is O=C(OC[C@H]1CCCO1)c1cc(Br)ccc1Cl. The molecule has 5 heteroatoms. The molecule has 0 bridgehead atoms. The number of carbonyl (C=O) groups is 1. The first kappa shape index (κ1) is 12.9. The summed E-state index contributed by atoms with van der Waals surface area (Å²) < 4.78 is 11.3. The lowest BCUT2D eigenvalue weighted by Crippen LogP contribution is -2.18. The highest BCUT2D eigenvalue weighted by Gasteiger charge is 2.19. The summed E-state index contributed by atoms with van der Waals surface area (Å²) in [5.41, 5.74) is 0.374. The fourth-order valence-corrected chi connectivity index (χ4v) is 2.23. The smallest absolute Gasteiger partial charge is 0.339 e. The molecule has 1 heterocycles. The molecule has 0 amide bonds. The maximum absolute atomic E-state index is 11.8. The summed E-state index contributed by atoms with van der Waals surface area (Å²) in [4.78, 5) is 11.8. The van der Waals surface area contributed by atoms with Crippen molar-refractivity contribution in [2.24, 2.45) is 0 Å². The van der Waals surface area contributed by atoms with Crippen molar-refractivity contribution in [2.45, 2.75) is 18.9 Å². The predicted molar refractivity (Wildman–Crippen MR) is 68.4 cm³/mol. The average Bonchev–Trinajstić information content (AvgIpc) is 2.82. The molecule has 1 aromatic carbocycles. The molecule has 0 aromatic heterocycles. The largest absolute Gasteiger partial charge is 0.459 e. The van der Waals surface area contributed by atoms with Crippen molar-refractivity contribution >= 4 is 33.5 Å². The number of carbonyl (C=O) groups excluding carboxylic acids is 1. The highest BCUT2D eigenvalue weighted by atomic mass is 79.9. The van der Waals surface area contributed by atoms with Crippen LogP contribution in [0.5, 0.6) is 0 Å². The van der Waals surface area contributed by atoms with Crippen molar-refractivity contribution in [3.63, 3.8) is 0 Å². The first-order valence-corrected chi connectivity index (χ1v) is 6.57. The molecular weight excluding hydrogens is 307 g/mol. The second-order valence-electron chi connectivity index (χ2n) is 3.86. The van der Waals surface area contributed by atoms with E-state index in [2.05, 4.69) is 15.9 Å². The summed E-state index contributed by atoms with van der Waals surface area (Å²) in [7, 11) is 0. The average molecular weight is 320 g/mol. The van der Waals surface area contributed by atoms with Crippen LogP contribution in [-0.2, 0) is 9.47 Å². The van der Waals surface area contributed by atoms with Crippen molar-refractivity contribution in [1.29, 1.82) is 0 Å². The Kier molecular flexibility index (Phi) is 4.42. The molecule has 1 aromatic rings. The zero-order valence-electron chi connectivity index (χ0n) is 9.12. The Hall–Kier alpha value is -0.580. The maximum Gasteiger partial charge on any atom is 0.339 e. The number of benzene rings is 1. The minimum atomic E-state index is -0.410. The lowest BCUT2D eigenvalue weighted by Gasteiger charge is -2.10. The fraction of sp³-hybridized carbons (Fsp3) is 0.417. The standard InChI is InChI=1S/C12H12BrClO3/c13-8-3-4-11(14)10(6-8)12(15)17-7-9-2-1-5-16-9/h3-4,6,9H,1-2,5,7H2/t9-/m1/s1. The lowest BCUT2D eigenvalue weighted by atomic mass is 10.2. The van der Waals surface area contributed by atoms with E-state index in [0.717, 1.165) is 23.9 Å². The molecule has 0 N–H and O–H groups in total. The first-order valence-electron chi connectivity index (χ1n) is 5.40. The number of esters is 1. The number of halogens is 2. The third-order valence-corrected chi connectivity index (χ3v) is 3.40. The number of hydrogen-bond donors (Lipinski definition) is 0. The number of ether oxygens (including phenoxy) is 2. The Bertz CT molecular complexity index is 416. The van der Waals surface area contributed by atoms with Crippen LogP contribution in [0.15, 0.2) is 22.7 Å². The molecule has 0 saturated carbocycles. The minimum Gasteiger partial charge on any atom is -0.459 e. The predicted octanol–water partition coefficient (Wildman–Crippen LogP) is 3.44. The van der Waals surface area contributed by atoms with E-state index in [1.807, 2.05) is 0 Å². The van der Waals surface area contributed by atoms with Gasteiger partial charge in [0.05, 0.1) is 16.7 Å². The lowest BCUT2D eigenvalue weighted by molar-refractivity contribution is 0.0161. The van der Waals surface area contributed by atoms with Gasteiger partial charge in [0.25, 0.3) is 0 Å². The van der Waals surface area contributed by atoms with Gasteiger partial charge in [-0.2, -0.15) is 0 Å². The van der Waals surface area contributed by atoms with Crippen molar-refractivity contribution in [1.82, 2.24) is 0 Å². The quantitative estimate of drug-likeness (QED) is 0.801. The molecule has 17 heavy (non-hydrogen) atoms. The monoisotopic (exact) mass is 318 g/mol. The van der Waals surface area contributed by atoms with E-state index in [0.29, 0.717) is 17.2 Å². The Balaban J connectivity index is 1.96. The molecule has 1 fully saturated rings. The normalized spacial score (nSPS) is 19.3. The van der Waals surface area contributed by atoms with Gasteiger partial charge in [-0.05, 0) is 31.0 Å². The summed E-state index contributed by atoms with van der Waals surface area (Å²) in [6, 6.07) is 5.09. The molecule has 0 radical (unpaired) electrons. The topological polar surface area (TPSA) is 35.5 Å². The number of hydrogen-bond acceptors (Lipinski definition) is 3. The minimum absolute atomic E-state index is 0.0323. The zero-order chi connectivity index (χ0) is 12.3. The summed E-state index contributed by atoms with van der Waals surface area (Å²) in [5.74, 6) is -0.410. The molecule has 1 aliphatic heterocycles. The van der Waals surface area contributed by atoms with Gasteiger partial charge in [-0.25, -0.2) is 4.79 Å². The van der Waals surface area contributed by atoms with E-state index >= 15 is 0 Å². The van der Waals surface area contributed by atoms with Gasteiger partial charge in [-0.15, -0.1) is 0 Å². The fourth-order valence-electron chi connectivity index (χ4n) is 1.68. The molecule has 2 rings (SSSR count). The molecule has 3 nitrogen and oxygen atoms in total. The second kappa shape index (κ2) is 5.85. The van der Waals surface area contributed by atoms with Gasteiger partial charge in [-0.3, -0.25) is 0 Å². The Morgan fingerprint density at radius 3 is 3.12 bits per heavy atom. The molecule has 1 atom stereocenters. The highest BCUT2D eigenvalue weighted by molar-refractivity contribution is 9.10. The molecule has 1 saturated heterocycles. The second-order valence-corrected chi connectivity index (χ2v) is 5.18. The van der Waals surface area contributed by atoms with E-state index < -0.39 is 5.97 Å². The van der Waals surface area contributed by atoms with Crippen LogP contribution < -0.4 is 0 Å². The van der Waals surface area contributed by atoms with Gasteiger partial charge in [0.15, 0.2) is 0 Å². The summed E-state index contributed by atoms with van der Waals surface area (Å²) in [6.45, 7) is 1.04. The molecule has 0 spiro atoms. The van der Waals surface area contributed by atoms with Crippen LogP contribution in [0.1, 0.15) is 23.2 Å². The molecular formula is C12H12BrClO3. The van der Waals surface area contributed by atoms with Gasteiger partial charge < -0.3 is 9.47 Å². The summed E-state index contributed by atoms with van der Waals surface area (Å²) in [5, 5.41) is 0.394. The van der Waals surface area contributed by atoms with E-state index in [1.54, 1.807) is 18.2 Å². The zero-order valence-corrected chi connectivity index (χ0v) is 11.5. The Morgan fingerprint density at radius 1 is 1.59 bits per heavy atom. The van der Waals surface area contributed by atoms with Gasteiger partial charge in [-0.1, -0.05) is 27.5 Å². The van der Waals surface area contributed by atoms with E-state index in [9.17, 15) is 4.79 Å². The van der Waals surface area contributed by atoms with Crippen LogP contribution >= 0.6 is 27.5 Å². The van der Waals surface area contributed by atoms with Crippen LogP contribution in [-0.4, -0.2) is 25.3 Å². The van der Waals surface area contributed by atoms with E-state index in [-0.39, 0.29) is 6.10 Å². The van der Waals surface area contributed by atoms with Crippen molar-refractivity contribution in [3.05, 3.63) is 33.3 Å². The summed E-state index contributed by atoms with van der Waals surface area (Å²) >= 11 is 9.22. The van der Waals surface area contributed by atoms with Gasteiger partial charge in [0.1, 0.15) is 6.61 Å². The molecule has 0 unspecified atom stereocenters. The van der Waals surface area contributed by atoms with Crippen LogP contribution in [0.2, 0.25) is 5.02 Å². The maximum atomic E-state index is 11.8. The van der Waals surface area contributed by atoms with Crippen molar-refractivity contribution in [2.75, 3.05) is 13.2 Å². The third-order valence-electron chi connectivity index (χ3n) is 2.57. The Morgan fingerprint density at radius 2 is 2.41 bits per heavy atom. The van der Waals surface area contributed by atoms with E-state index in [4.69, 9.17) is 21.1 Å². The molecule has 1 aliphatic rings. The highest BCUT2D eigenvalue weighted by Crippen LogP contribution is 2.22. The van der Waals surface area contributed by atoms with Crippen LogP contribution in [0.4, 0.5) is 0 Å². The van der Waals surface area contributed by atoms with Crippen LogP contribution in [0, 0.1) is 0 Å². The van der Waals surface area contributed by atoms with Crippen molar-refractivity contribution < 1.29 is 14.3 Å². The van der Waals surface area contributed by atoms with Crippen LogP contribution in [0.25, 0.3) is 0 Å². The Labute approximate surface area is 113 Å². The van der Waals surface area contributed by atoms with Crippen molar-refractivity contribution in [3.8, 4) is 0 Å². The molecule has 0 aliphatic carbocycles. The van der Waals surface area contributed by atoms with Gasteiger partial charge >= 0.3 is 5.97 Å². The van der Waals surface area contributed by atoms with Gasteiger partial charge in [0.2, 0.25) is 0 Å².